The van der Waals surface area contributed by atoms with Crippen LogP contribution >= 0.6 is 27.5 Å². The zero-order chi connectivity index (χ0) is 23.1. The number of ketones is 1. The summed E-state index contributed by atoms with van der Waals surface area (Å²) in [7, 11) is 1.63. The third kappa shape index (κ3) is 3.92. The fourth-order valence-corrected chi connectivity index (χ4v) is 4.82. The van der Waals surface area contributed by atoms with Crippen LogP contribution in [0.2, 0.25) is 5.02 Å². The Morgan fingerprint density at radius 1 is 1.09 bits per heavy atom. The van der Waals surface area contributed by atoms with Crippen LogP contribution in [0.3, 0.4) is 0 Å². The van der Waals surface area contributed by atoms with E-state index in [1.165, 1.54) is 4.90 Å². The van der Waals surface area contributed by atoms with Crippen molar-refractivity contribution in [1.82, 2.24) is 5.01 Å². The molecule has 1 atom stereocenters. The Kier molecular flexibility index (Phi) is 5.68. The highest BCUT2D eigenvalue weighted by Crippen LogP contribution is 2.39. The molecule has 0 bridgehead atoms. The third-order valence-corrected chi connectivity index (χ3v) is 6.74. The van der Waals surface area contributed by atoms with E-state index >= 15 is 0 Å². The van der Waals surface area contributed by atoms with Gasteiger partial charge >= 0.3 is 5.91 Å². The van der Waals surface area contributed by atoms with E-state index in [4.69, 9.17) is 21.4 Å². The first-order valence-electron chi connectivity index (χ1n) is 10.3. The Labute approximate surface area is 204 Å². The number of benzene rings is 3. The second-order valence-electron chi connectivity index (χ2n) is 7.82. The Bertz CT molecular complexity index is 1290. The molecule has 0 unspecified atom stereocenters. The minimum Gasteiger partial charge on any atom is -0.497 e. The smallest absolute Gasteiger partial charge is 0.301 e. The molecule has 0 fully saturated rings. The Hall–Kier alpha value is -3.16. The van der Waals surface area contributed by atoms with Gasteiger partial charge in [0.1, 0.15) is 12.4 Å². The SMILES string of the molecule is COc1ccc(C2=NN(CN3C(=O)C(=O)c4ccc(Br)cc43)[C@@H](c3ccccc3Cl)C2)cc1. The fraction of sp³-hybridized carbons (Fsp3) is 0.160. The molecule has 33 heavy (non-hydrogen) atoms. The number of carbonyl (C=O) groups excluding carboxylic acids is 2. The van der Waals surface area contributed by atoms with Gasteiger partial charge in [0.2, 0.25) is 0 Å². The van der Waals surface area contributed by atoms with E-state index in [9.17, 15) is 9.59 Å². The standard InChI is InChI=1S/C25H19BrClN3O3/c1-33-17-9-6-15(7-10-17)21-13-23(18-4-2-3-5-20(18)27)30(28-21)14-29-22-12-16(26)8-11-19(22)24(31)25(29)32/h2-12,23H,13-14H2,1H3/t23-/m1/s1. The summed E-state index contributed by atoms with van der Waals surface area (Å²) in [5.74, 6) is -0.306. The van der Waals surface area contributed by atoms with Crippen molar-refractivity contribution in [3.05, 3.63) is 92.9 Å². The van der Waals surface area contributed by atoms with Crippen molar-refractivity contribution in [2.75, 3.05) is 18.7 Å². The lowest BCUT2D eigenvalue weighted by molar-refractivity contribution is -0.114. The summed E-state index contributed by atoms with van der Waals surface area (Å²) in [6.07, 6.45) is 0.609. The highest BCUT2D eigenvalue weighted by molar-refractivity contribution is 9.10. The van der Waals surface area contributed by atoms with Crippen molar-refractivity contribution in [3.8, 4) is 5.75 Å². The van der Waals surface area contributed by atoms with E-state index < -0.39 is 11.7 Å². The summed E-state index contributed by atoms with van der Waals surface area (Å²) in [5.41, 5.74) is 3.72. The summed E-state index contributed by atoms with van der Waals surface area (Å²) in [4.78, 5) is 26.9. The molecule has 6 nitrogen and oxygen atoms in total. The van der Waals surface area contributed by atoms with E-state index in [0.717, 1.165) is 27.1 Å². The number of hydrazone groups is 1. The molecule has 0 spiro atoms. The number of amides is 1. The van der Waals surface area contributed by atoms with Gasteiger partial charge in [-0.15, -0.1) is 0 Å². The number of nitrogens with zero attached hydrogens (tertiary/aromatic N) is 3. The highest BCUT2D eigenvalue weighted by Gasteiger charge is 2.39. The van der Waals surface area contributed by atoms with Gasteiger partial charge in [0.25, 0.3) is 5.78 Å². The lowest BCUT2D eigenvalue weighted by atomic mass is 9.98. The van der Waals surface area contributed by atoms with Crippen LogP contribution in [0.15, 0.2) is 76.3 Å². The van der Waals surface area contributed by atoms with E-state index in [1.54, 1.807) is 25.3 Å². The highest BCUT2D eigenvalue weighted by atomic mass is 79.9. The molecule has 2 heterocycles. The maximum absolute atomic E-state index is 12.8. The number of halogens is 2. The molecule has 0 aromatic heterocycles. The van der Waals surface area contributed by atoms with E-state index in [0.29, 0.717) is 22.7 Å². The molecule has 0 saturated carbocycles. The van der Waals surface area contributed by atoms with Crippen molar-refractivity contribution >= 4 is 50.6 Å². The number of hydrogen-bond acceptors (Lipinski definition) is 5. The molecule has 1 amide bonds. The van der Waals surface area contributed by atoms with Crippen LogP contribution in [0.25, 0.3) is 0 Å². The van der Waals surface area contributed by atoms with Crippen LogP contribution in [-0.4, -0.2) is 36.2 Å². The number of ether oxygens (including phenoxy) is 1. The van der Waals surface area contributed by atoms with E-state index in [-0.39, 0.29) is 12.7 Å². The number of Topliss-reactive ketones (excluding diaryl/α,β-unsaturated/α-hetero) is 1. The van der Waals surface area contributed by atoms with Crippen molar-refractivity contribution in [2.24, 2.45) is 5.10 Å². The Morgan fingerprint density at radius 3 is 2.58 bits per heavy atom. The van der Waals surface area contributed by atoms with Gasteiger partial charge in [-0.25, -0.2) is 0 Å². The first kappa shape index (κ1) is 21.7. The van der Waals surface area contributed by atoms with Gasteiger partial charge in [-0.1, -0.05) is 45.7 Å². The number of methoxy groups -OCH3 is 1. The van der Waals surface area contributed by atoms with Gasteiger partial charge in [-0.05, 0) is 59.7 Å². The molecule has 3 aromatic carbocycles. The second-order valence-corrected chi connectivity index (χ2v) is 9.14. The minimum atomic E-state index is -0.561. The summed E-state index contributed by atoms with van der Waals surface area (Å²) in [6.45, 7) is 0.129. The molecule has 0 aliphatic carbocycles. The Balaban J connectivity index is 1.53. The summed E-state index contributed by atoms with van der Waals surface area (Å²) >= 11 is 9.98. The zero-order valence-electron chi connectivity index (χ0n) is 17.7. The average Bonchev–Trinajstić information content (AvgIpc) is 3.34. The predicted octanol–water partition coefficient (Wildman–Crippen LogP) is 5.45. The molecule has 5 rings (SSSR count). The minimum absolute atomic E-state index is 0.129. The van der Waals surface area contributed by atoms with Crippen LogP contribution in [-0.2, 0) is 4.79 Å². The monoisotopic (exact) mass is 523 g/mol. The molecule has 0 saturated heterocycles. The van der Waals surface area contributed by atoms with Crippen LogP contribution < -0.4 is 9.64 Å². The Morgan fingerprint density at radius 2 is 1.85 bits per heavy atom. The number of anilines is 1. The quantitative estimate of drug-likeness (QED) is 0.417. The van der Waals surface area contributed by atoms with Crippen LogP contribution in [0.1, 0.15) is 33.9 Å². The van der Waals surface area contributed by atoms with Gasteiger partial charge in [-0.2, -0.15) is 5.10 Å². The molecule has 0 radical (unpaired) electrons. The van der Waals surface area contributed by atoms with Crippen molar-refractivity contribution < 1.29 is 14.3 Å². The fourth-order valence-electron chi connectivity index (χ4n) is 4.21. The largest absolute Gasteiger partial charge is 0.497 e. The van der Waals surface area contributed by atoms with Crippen molar-refractivity contribution in [1.29, 1.82) is 0 Å². The molecular formula is C25H19BrClN3O3. The van der Waals surface area contributed by atoms with Gasteiger partial charge in [-0.3, -0.25) is 19.5 Å². The van der Waals surface area contributed by atoms with Crippen LogP contribution in [0.5, 0.6) is 5.75 Å². The molecule has 2 aliphatic heterocycles. The topological polar surface area (TPSA) is 62.2 Å². The number of carbonyl (C=O) groups is 2. The molecule has 166 valence electrons. The lowest BCUT2D eigenvalue weighted by Crippen LogP contribution is -2.39. The lowest BCUT2D eigenvalue weighted by Gasteiger charge is -2.29. The van der Waals surface area contributed by atoms with E-state index in [2.05, 4.69) is 15.9 Å². The van der Waals surface area contributed by atoms with Crippen molar-refractivity contribution in [3.63, 3.8) is 0 Å². The van der Waals surface area contributed by atoms with Crippen LogP contribution in [0, 0.1) is 0 Å². The summed E-state index contributed by atoms with van der Waals surface area (Å²) < 4.78 is 6.06. The number of fused-ring (bicyclic) bond motifs is 1. The first-order valence-corrected chi connectivity index (χ1v) is 11.5. The predicted molar refractivity (Wildman–Crippen MR) is 131 cm³/mol. The first-order chi connectivity index (χ1) is 16.0. The third-order valence-electron chi connectivity index (χ3n) is 5.90. The maximum atomic E-state index is 12.8. The summed E-state index contributed by atoms with van der Waals surface area (Å²) in [5, 5.41) is 7.33. The van der Waals surface area contributed by atoms with Crippen LogP contribution in [0.4, 0.5) is 5.69 Å². The molecule has 3 aromatic rings. The molecular weight excluding hydrogens is 506 g/mol. The van der Waals surface area contributed by atoms with Gasteiger partial charge in [0, 0.05) is 15.9 Å². The summed E-state index contributed by atoms with van der Waals surface area (Å²) in [6, 6.07) is 20.4. The average molecular weight is 525 g/mol. The van der Waals surface area contributed by atoms with Crippen molar-refractivity contribution in [2.45, 2.75) is 12.5 Å². The maximum Gasteiger partial charge on any atom is 0.301 e. The normalized spacial score (nSPS) is 17.4. The second kappa shape index (κ2) is 8.65. The molecule has 0 N–H and O–H groups in total. The molecule has 2 aliphatic rings. The van der Waals surface area contributed by atoms with Gasteiger partial charge < -0.3 is 4.74 Å². The zero-order valence-corrected chi connectivity index (χ0v) is 20.0. The van der Waals surface area contributed by atoms with Gasteiger partial charge in [0.05, 0.1) is 30.1 Å². The van der Waals surface area contributed by atoms with E-state index in [1.807, 2.05) is 53.5 Å². The number of hydrogen-bond donors (Lipinski definition) is 0. The number of rotatable bonds is 5. The molecule has 8 heteroatoms. The van der Waals surface area contributed by atoms with Gasteiger partial charge in [0.15, 0.2) is 0 Å².